The van der Waals surface area contributed by atoms with E-state index in [1.807, 2.05) is 0 Å². The lowest BCUT2D eigenvalue weighted by Gasteiger charge is -2.31. The normalized spacial score (nSPS) is 15.4. The van der Waals surface area contributed by atoms with Crippen LogP contribution >= 0.6 is 11.6 Å². The molecule has 3 rings (SSSR count). The number of β-amino-alcohol motifs (C(OH)–C–C–N with tert-alkyl or cyclic N) is 1. The molecule has 0 saturated carbocycles. The number of aliphatic carboxylic acids is 1. The number of hydrogen-bond acceptors (Lipinski definition) is 5. The smallest absolute Gasteiger partial charge is 0.303 e. The van der Waals surface area contributed by atoms with Crippen LogP contribution in [0, 0.1) is 5.92 Å². The van der Waals surface area contributed by atoms with Gasteiger partial charge in [0.1, 0.15) is 4.90 Å². The maximum absolute atomic E-state index is 13.0. The van der Waals surface area contributed by atoms with Gasteiger partial charge >= 0.3 is 5.97 Å². The van der Waals surface area contributed by atoms with Gasteiger partial charge in [-0.1, -0.05) is 41.9 Å². The number of carboxylic acid groups (broad SMARTS) is 1. The second-order valence-corrected chi connectivity index (χ2v) is 12.5. The Labute approximate surface area is 213 Å². The highest BCUT2D eigenvalue weighted by molar-refractivity contribution is 7.89. The highest BCUT2D eigenvalue weighted by Gasteiger charge is 2.30. The molecule has 3 N–H and O–H groups in total. The van der Waals surface area contributed by atoms with Crippen molar-refractivity contribution < 1.29 is 23.4 Å². The predicted octanol–water partition coefficient (Wildman–Crippen LogP) is 3.51. The number of rotatable bonds is 12. The molecule has 2 aromatic carbocycles. The fraction of sp³-hybridized carbons (Fsp3) is 0.500. The summed E-state index contributed by atoms with van der Waals surface area (Å²) in [6.45, 7) is 4.38. The summed E-state index contributed by atoms with van der Waals surface area (Å²) in [4.78, 5) is 10.7. The molecular weight excluding hydrogens is 488 g/mol. The van der Waals surface area contributed by atoms with Crippen LogP contribution in [0.5, 0.6) is 0 Å². The van der Waals surface area contributed by atoms with Gasteiger partial charge in [0.2, 0.25) is 10.0 Å². The topological polar surface area (TPSA) is 107 Å². The van der Waals surface area contributed by atoms with E-state index in [0.29, 0.717) is 11.5 Å². The second-order valence-electron chi connectivity index (χ2n) is 10.1. The molecule has 1 aliphatic rings. The fourth-order valence-electron chi connectivity index (χ4n) is 4.77. The Bertz CT molecular complexity index is 1130. The van der Waals surface area contributed by atoms with Crippen LogP contribution in [0.25, 0.3) is 0 Å². The first-order chi connectivity index (χ1) is 16.4. The molecule has 0 bridgehead atoms. The van der Waals surface area contributed by atoms with E-state index in [-0.39, 0.29) is 41.4 Å². The molecule has 192 valence electrons. The van der Waals surface area contributed by atoms with E-state index in [0.717, 1.165) is 23.6 Å². The van der Waals surface area contributed by atoms with Gasteiger partial charge in [0, 0.05) is 32.1 Å². The van der Waals surface area contributed by atoms with Crippen molar-refractivity contribution in [2.24, 2.45) is 5.92 Å². The highest BCUT2D eigenvalue weighted by atomic mass is 35.5. The monoisotopic (exact) mass is 522 g/mol. The molecule has 0 fully saturated rings. The first-order valence-corrected chi connectivity index (χ1v) is 13.7. The minimum absolute atomic E-state index is 0.0334. The van der Waals surface area contributed by atoms with Gasteiger partial charge in [0.15, 0.2) is 0 Å². The molecule has 2 aromatic rings. The molecule has 1 aliphatic carbocycles. The Kier molecular flexibility index (Phi) is 8.99. The second kappa shape index (κ2) is 11.4. The zero-order chi connectivity index (χ0) is 25.8. The molecule has 9 heteroatoms. The minimum atomic E-state index is -3.92. The highest BCUT2D eigenvalue weighted by Crippen LogP contribution is 2.32. The third-order valence-electron chi connectivity index (χ3n) is 6.53. The molecule has 1 atom stereocenters. The van der Waals surface area contributed by atoms with Crippen molar-refractivity contribution in [1.29, 1.82) is 0 Å². The summed E-state index contributed by atoms with van der Waals surface area (Å²) in [6, 6.07) is 13.0. The number of hydrogen-bond donors (Lipinski definition) is 3. The van der Waals surface area contributed by atoms with Crippen molar-refractivity contribution in [3.05, 3.63) is 64.2 Å². The zero-order valence-corrected chi connectivity index (χ0v) is 22.1. The van der Waals surface area contributed by atoms with E-state index >= 15 is 0 Å². The number of aliphatic hydroxyl groups is 1. The van der Waals surface area contributed by atoms with Crippen LogP contribution in [0.15, 0.2) is 47.4 Å². The molecule has 0 spiro atoms. The van der Waals surface area contributed by atoms with Crippen molar-refractivity contribution in [3.63, 3.8) is 0 Å². The predicted molar refractivity (Wildman–Crippen MR) is 137 cm³/mol. The summed E-state index contributed by atoms with van der Waals surface area (Å²) in [5.74, 6) is -0.396. The molecule has 0 radical (unpaired) electrons. The number of sulfonamides is 1. The van der Waals surface area contributed by atoms with Crippen LogP contribution in [0.1, 0.15) is 43.4 Å². The quantitative estimate of drug-likeness (QED) is 0.394. The van der Waals surface area contributed by atoms with Crippen molar-refractivity contribution in [2.45, 2.75) is 62.5 Å². The van der Waals surface area contributed by atoms with Crippen molar-refractivity contribution in [2.75, 3.05) is 20.1 Å². The SMILES string of the molecule is CN(C[C@H](O)CNC(C)(C)CC1Cc2ccccc2C1)S(=O)(=O)c1ccc(CCC(=O)O)cc1Cl. The van der Waals surface area contributed by atoms with Crippen LogP contribution in [-0.2, 0) is 34.1 Å². The number of likely N-dealkylation sites (N-methyl/N-ethyl adjacent to an activating group) is 1. The lowest BCUT2D eigenvalue weighted by atomic mass is 9.88. The first-order valence-electron chi connectivity index (χ1n) is 11.8. The third kappa shape index (κ3) is 7.51. The molecule has 7 nitrogen and oxygen atoms in total. The van der Waals surface area contributed by atoms with Gasteiger partial charge in [-0.25, -0.2) is 8.42 Å². The van der Waals surface area contributed by atoms with E-state index in [1.165, 1.54) is 30.3 Å². The largest absolute Gasteiger partial charge is 0.481 e. The Morgan fingerprint density at radius 2 is 1.83 bits per heavy atom. The molecular formula is C26H35ClN2O5S. The Morgan fingerprint density at radius 1 is 1.20 bits per heavy atom. The van der Waals surface area contributed by atoms with E-state index in [1.54, 1.807) is 6.07 Å². The number of aryl methyl sites for hydroxylation is 1. The van der Waals surface area contributed by atoms with Crippen molar-refractivity contribution in [3.8, 4) is 0 Å². The Morgan fingerprint density at radius 3 is 2.40 bits per heavy atom. The Hall–Kier alpha value is -1.97. The van der Waals surface area contributed by atoms with Gasteiger partial charge in [-0.15, -0.1) is 0 Å². The van der Waals surface area contributed by atoms with Gasteiger partial charge in [0.05, 0.1) is 11.1 Å². The number of halogens is 1. The summed E-state index contributed by atoms with van der Waals surface area (Å²) in [5.41, 5.74) is 3.26. The van der Waals surface area contributed by atoms with Crippen LogP contribution in [0.2, 0.25) is 5.02 Å². The maximum Gasteiger partial charge on any atom is 0.303 e. The van der Waals surface area contributed by atoms with Crippen LogP contribution in [0.4, 0.5) is 0 Å². The molecule has 35 heavy (non-hydrogen) atoms. The van der Waals surface area contributed by atoms with Gasteiger partial charge < -0.3 is 15.5 Å². The number of nitrogens with zero attached hydrogens (tertiary/aromatic N) is 1. The van der Waals surface area contributed by atoms with E-state index in [9.17, 15) is 18.3 Å². The summed E-state index contributed by atoms with van der Waals surface area (Å²) in [6.07, 6.45) is 2.36. The number of fused-ring (bicyclic) bond motifs is 1. The summed E-state index contributed by atoms with van der Waals surface area (Å²) < 4.78 is 27.1. The van der Waals surface area contributed by atoms with E-state index < -0.39 is 22.1 Å². The van der Waals surface area contributed by atoms with Gasteiger partial charge in [-0.05, 0) is 74.3 Å². The van der Waals surface area contributed by atoms with Crippen molar-refractivity contribution in [1.82, 2.24) is 9.62 Å². The summed E-state index contributed by atoms with van der Waals surface area (Å²) in [7, 11) is -2.51. The summed E-state index contributed by atoms with van der Waals surface area (Å²) >= 11 is 6.22. The van der Waals surface area contributed by atoms with Crippen molar-refractivity contribution >= 4 is 27.6 Å². The average molecular weight is 523 g/mol. The molecule has 0 unspecified atom stereocenters. The maximum atomic E-state index is 13.0. The standard InChI is InChI=1S/C26H35ClN2O5S/c1-26(2,15-19-12-20-6-4-5-7-21(20)13-19)28-16-22(30)17-29(3)35(33,34)24-10-8-18(14-23(24)27)9-11-25(31)32/h4-8,10,14,19,22,28,30H,9,11-13,15-17H2,1-3H3,(H,31,32)/t22-/m1/s1. The molecule has 0 heterocycles. The number of carboxylic acids is 1. The fourth-order valence-corrected chi connectivity index (χ4v) is 6.52. The molecule has 0 aliphatic heterocycles. The molecule has 0 aromatic heterocycles. The van der Waals surface area contributed by atoms with E-state index in [4.69, 9.17) is 16.7 Å². The average Bonchev–Trinajstić information content (AvgIpc) is 3.17. The summed E-state index contributed by atoms with van der Waals surface area (Å²) in [5, 5.41) is 22.8. The molecule has 0 saturated heterocycles. The molecule has 0 amide bonds. The van der Waals surface area contributed by atoms with Gasteiger partial charge in [-0.3, -0.25) is 4.79 Å². The first kappa shape index (κ1) is 27.6. The van der Waals surface area contributed by atoms with Gasteiger partial charge in [0.25, 0.3) is 0 Å². The van der Waals surface area contributed by atoms with E-state index in [2.05, 4.69) is 43.4 Å². The van der Waals surface area contributed by atoms with Crippen LogP contribution in [0.3, 0.4) is 0 Å². The van der Waals surface area contributed by atoms with Crippen LogP contribution in [-0.4, -0.2) is 60.7 Å². The van der Waals surface area contributed by atoms with Gasteiger partial charge in [-0.2, -0.15) is 4.31 Å². The Balaban J connectivity index is 1.52. The van der Waals surface area contributed by atoms with Crippen LogP contribution < -0.4 is 5.32 Å². The number of carbonyl (C=O) groups is 1. The number of aliphatic hydroxyl groups excluding tert-OH is 1. The third-order valence-corrected chi connectivity index (χ3v) is 8.84. The number of nitrogens with one attached hydrogen (secondary N) is 1. The number of benzene rings is 2. The lowest BCUT2D eigenvalue weighted by molar-refractivity contribution is -0.136. The minimum Gasteiger partial charge on any atom is -0.481 e. The zero-order valence-electron chi connectivity index (χ0n) is 20.5. The lowest BCUT2D eigenvalue weighted by Crippen LogP contribution is -2.47.